The molecule has 39 heavy (non-hydrogen) atoms. The molecule has 3 aromatic rings. The summed E-state index contributed by atoms with van der Waals surface area (Å²) >= 11 is 0. The minimum absolute atomic E-state index is 0.00753. The fourth-order valence-electron chi connectivity index (χ4n) is 7.02. The molecule has 5 aliphatic rings. The first-order chi connectivity index (χ1) is 18.9. The number of nitrogens with zero attached hydrogens (tertiary/aromatic N) is 2. The van der Waals surface area contributed by atoms with Gasteiger partial charge in [-0.3, -0.25) is 40.0 Å². The van der Waals surface area contributed by atoms with Crippen molar-refractivity contribution in [2.24, 2.45) is 41.4 Å². The molecular weight excluding hydrogens is 494 g/mol. The highest BCUT2D eigenvalue weighted by atomic mass is 16.2. The predicted molar refractivity (Wildman–Crippen MR) is 140 cm³/mol. The monoisotopic (exact) mass is 521 g/mol. The Morgan fingerprint density at radius 3 is 2.18 bits per heavy atom. The van der Waals surface area contributed by atoms with Gasteiger partial charge in [0.25, 0.3) is 5.91 Å². The zero-order chi connectivity index (χ0) is 26.8. The van der Waals surface area contributed by atoms with Crippen LogP contribution in [0.15, 0.2) is 72.8 Å². The number of hydrogen-bond donors (Lipinski definition) is 3. The maximum Gasteiger partial charge on any atom is 0.287 e. The fraction of sp³-hybridized carbons (Fsp3) is 0.300. The van der Waals surface area contributed by atoms with Gasteiger partial charge in [0, 0.05) is 11.5 Å². The molecule has 0 spiro atoms. The van der Waals surface area contributed by atoms with Crippen LogP contribution in [0.2, 0.25) is 0 Å². The molecule has 1 aliphatic heterocycles. The van der Waals surface area contributed by atoms with Crippen LogP contribution < -0.4 is 10.9 Å². The van der Waals surface area contributed by atoms with E-state index < -0.39 is 17.7 Å². The highest BCUT2D eigenvalue weighted by Crippen LogP contribution is 2.68. The van der Waals surface area contributed by atoms with E-state index in [0.717, 1.165) is 16.7 Å². The number of amides is 4. The van der Waals surface area contributed by atoms with Crippen molar-refractivity contribution in [3.8, 4) is 11.3 Å². The Labute approximate surface area is 224 Å². The van der Waals surface area contributed by atoms with Gasteiger partial charge in [-0.1, -0.05) is 72.3 Å². The van der Waals surface area contributed by atoms with E-state index in [9.17, 15) is 19.2 Å². The summed E-state index contributed by atoms with van der Waals surface area (Å²) in [7, 11) is 0. The van der Waals surface area contributed by atoms with E-state index in [1.807, 2.05) is 73.7 Å². The number of hydrazine groups is 1. The second-order valence-electron chi connectivity index (χ2n) is 11.0. The van der Waals surface area contributed by atoms with Gasteiger partial charge in [0.15, 0.2) is 0 Å². The van der Waals surface area contributed by atoms with Crippen molar-refractivity contribution in [2.45, 2.75) is 13.5 Å². The fourth-order valence-corrected chi connectivity index (χ4v) is 7.02. The van der Waals surface area contributed by atoms with Crippen molar-refractivity contribution in [3.05, 3.63) is 89.6 Å². The van der Waals surface area contributed by atoms with Crippen molar-refractivity contribution in [1.82, 2.24) is 25.9 Å². The number of H-pyrrole nitrogens is 1. The minimum atomic E-state index is -0.502. The predicted octanol–water partition coefficient (Wildman–Crippen LogP) is 2.63. The normalized spacial score (nSPS) is 29.7. The van der Waals surface area contributed by atoms with Gasteiger partial charge < -0.3 is 0 Å². The summed E-state index contributed by atoms with van der Waals surface area (Å²) in [5, 5.41) is 6.92. The molecular formula is C30H27N5O4. The third-order valence-corrected chi connectivity index (χ3v) is 8.85. The summed E-state index contributed by atoms with van der Waals surface area (Å²) in [5.74, 6) is -2.60. The number of carbonyl (C=O) groups excluding carboxylic acids is 4. The molecule has 196 valence electrons. The van der Waals surface area contributed by atoms with E-state index in [1.54, 1.807) is 6.07 Å². The number of allylic oxidation sites excluding steroid dienone is 2. The molecule has 9 nitrogen and oxygen atoms in total. The lowest BCUT2D eigenvalue weighted by molar-refractivity contribution is -0.141. The Morgan fingerprint density at radius 2 is 1.54 bits per heavy atom. The first-order valence-electron chi connectivity index (χ1n) is 13.2. The topological polar surface area (TPSA) is 124 Å². The minimum Gasteiger partial charge on any atom is -0.278 e. The van der Waals surface area contributed by atoms with Crippen LogP contribution in [0, 0.1) is 48.3 Å². The molecule has 6 atom stereocenters. The van der Waals surface area contributed by atoms with Gasteiger partial charge >= 0.3 is 0 Å². The Balaban J connectivity index is 1.00. The van der Waals surface area contributed by atoms with Crippen LogP contribution in [0.3, 0.4) is 0 Å². The first kappa shape index (κ1) is 23.6. The zero-order valence-electron chi connectivity index (χ0n) is 21.2. The van der Waals surface area contributed by atoms with Crippen LogP contribution in [-0.4, -0.2) is 38.7 Å². The summed E-state index contributed by atoms with van der Waals surface area (Å²) in [6.45, 7) is 2.27. The number of benzene rings is 2. The quantitative estimate of drug-likeness (QED) is 0.271. The number of rotatable bonds is 5. The van der Waals surface area contributed by atoms with Crippen LogP contribution in [0.1, 0.15) is 21.6 Å². The molecule has 4 aliphatic carbocycles. The third kappa shape index (κ3) is 3.71. The van der Waals surface area contributed by atoms with Crippen molar-refractivity contribution in [3.63, 3.8) is 0 Å². The SMILES string of the molecule is Cc1ccc(-c2cc(C(=O)NNC(=O)C3C4C5C=CC(C6C(=O)N(Cc7ccccc7)C(=O)C56)C34)[nH]n2)cc1. The average molecular weight is 522 g/mol. The Hall–Kier alpha value is -4.53. The van der Waals surface area contributed by atoms with Gasteiger partial charge in [0.1, 0.15) is 5.69 Å². The van der Waals surface area contributed by atoms with E-state index in [-0.39, 0.29) is 59.5 Å². The lowest BCUT2D eigenvalue weighted by atomic mass is 9.63. The number of imide groups is 1. The maximum absolute atomic E-state index is 13.4. The van der Waals surface area contributed by atoms with Gasteiger partial charge in [0.2, 0.25) is 17.7 Å². The van der Waals surface area contributed by atoms with Gasteiger partial charge in [-0.2, -0.15) is 5.10 Å². The molecule has 1 saturated heterocycles. The highest BCUT2D eigenvalue weighted by molar-refractivity contribution is 6.06. The van der Waals surface area contributed by atoms with Gasteiger partial charge in [0.05, 0.1) is 24.1 Å². The Morgan fingerprint density at radius 1 is 0.897 bits per heavy atom. The molecule has 0 radical (unpaired) electrons. The van der Waals surface area contributed by atoms with Crippen LogP contribution >= 0.6 is 0 Å². The van der Waals surface area contributed by atoms with E-state index in [4.69, 9.17) is 0 Å². The van der Waals surface area contributed by atoms with Crippen LogP contribution in [0.4, 0.5) is 0 Å². The van der Waals surface area contributed by atoms with Crippen LogP contribution in [0.5, 0.6) is 0 Å². The molecule has 8 rings (SSSR count). The average Bonchev–Trinajstić information content (AvgIpc) is 3.46. The molecule has 9 heteroatoms. The van der Waals surface area contributed by atoms with Gasteiger partial charge in [-0.05, 0) is 42.2 Å². The summed E-state index contributed by atoms with van der Waals surface area (Å²) in [4.78, 5) is 53.9. The summed E-state index contributed by atoms with van der Waals surface area (Å²) in [5.41, 5.74) is 8.82. The number of nitrogens with one attached hydrogen (secondary N) is 3. The molecule has 6 unspecified atom stereocenters. The first-order valence-corrected chi connectivity index (χ1v) is 13.2. The third-order valence-electron chi connectivity index (χ3n) is 8.85. The summed E-state index contributed by atoms with van der Waals surface area (Å²) < 4.78 is 0. The summed E-state index contributed by atoms with van der Waals surface area (Å²) in [6, 6.07) is 18.9. The second kappa shape index (κ2) is 8.76. The van der Waals surface area contributed by atoms with Gasteiger partial charge in [-0.25, -0.2) is 0 Å². The molecule has 2 heterocycles. The van der Waals surface area contributed by atoms with Crippen LogP contribution in [-0.2, 0) is 20.9 Å². The van der Waals surface area contributed by atoms with Crippen LogP contribution in [0.25, 0.3) is 11.3 Å². The standard InChI is InChI=1S/C30H27N5O4/c1-15-7-9-17(10-8-15)20-13-21(32-31-20)27(36)33-34-28(37)26-22-18-11-12-19(23(22)26)25-24(18)29(38)35(30(25)39)14-16-5-3-2-4-6-16/h2-13,18-19,22-26H,14H2,1H3,(H,31,32)(H,33,36)(H,34,37). The maximum atomic E-state index is 13.4. The molecule has 2 aromatic carbocycles. The van der Waals surface area contributed by atoms with Crippen molar-refractivity contribution in [2.75, 3.05) is 0 Å². The van der Waals surface area contributed by atoms with Crippen molar-refractivity contribution < 1.29 is 19.2 Å². The molecule has 3 N–H and O–H groups in total. The Bertz CT molecular complexity index is 1490. The molecule has 2 saturated carbocycles. The molecule has 1 aromatic heterocycles. The largest absolute Gasteiger partial charge is 0.287 e. The highest BCUT2D eigenvalue weighted by Gasteiger charge is 2.73. The lowest BCUT2D eigenvalue weighted by Gasteiger charge is -2.37. The van der Waals surface area contributed by atoms with E-state index in [1.165, 1.54) is 4.90 Å². The lowest BCUT2D eigenvalue weighted by Crippen LogP contribution is -2.43. The number of aromatic nitrogens is 2. The van der Waals surface area contributed by atoms with Crippen molar-refractivity contribution in [1.29, 1.82) is 0 Å². The smallest absolute Gasteiger partial charge is 0.278 e. The molecule has 3 fully saturated rings. The molecule has 2 bridgehead atoms. The zero-order valence-corrected chi connectivity index (χ0v) is 21.2. The van der Waals surface area contributed by atoms with E-state index in [0.29, 0.717) is 5.69 Å². The second-order valence-corrected chi connectivity index (χ2v) is 11.0. The number of aryl methyl sites for hydroxylation is 1. The number of hydrogen-bond acceptors (Lipinski definition) is 5. The number of aromatic amines is 1. The molecule has 4 amide bonds. The summed E-state index contributed by atoms with van der Waals surface area (Å²) in [6.07, 6.45) is 4.04. The van der Waals surface area contributed by atoms with Gasteiger partial charge in [-0.15, -0.1) is 0 Å². The van der Waals surface area contributed by atoms with E-state index in [2.05, 4.69) is 21.0 Å². The van der Waals surface area contributed by atoms with E-state index >= 15 is 0 Å². The van der Waals surface area contributed by atoms with Crippen molar-refractivity contribution >= 4 is 23.6 Å². The number of carbonyl (C=O) groups is 4. The number of likely N-dealkylation sites (tertiary alicyclic amines) is 1. The Kier molecular flexibility index (Phi) is 5.30.